The zero-order valence-electron chi connectivity index (χ0n) is 15.5. The Morgan fingerprint density at radius 2 is 1.89 bits per heavy atom. The van der Waals surface area contributed by atoms with E-state index in [0.29, 0.717) is 17.7 Å². The molecule has 7 nitrogen and oxygen atoms in total. The lowest BCUT2D eigenvalue weighted by atomic mass is 9.89. The number of benzene rings is 1. The molecule has 1 N–H and O–H groups in total. The molecule has 2 aliphatic heterocycles. The van der Waals surface area contributed by atoms with E-state index in [2.05, 4.69) is 31.5 Å². The largest absolute Gasteiger partial charge is 0.319 e. The van der Waals surface area contributed by atoms with E-state index in [9.17, 15) is 4.79 Å². The number of fused-ring (bicyclic) bond motifs is 2. The van der Waals surface area contributed by atoms with Gasteiger partial charge in [-0.15, -0.1) is 10.2 Å². The van der Waals surface area contributed by atoms with Crippen LogP contribution < -0.4 is 5.32 Å². The molecule has 2 atom stereocenters. The quantitative estimate of drug-likeness (QED) is 0.758. The van der Waals surface area contributed by atoms with E-state index in [0.717, 1.165) is 44.1 Å². The molecule has 4 heterocycles. The Morgan fingerprint density at radius 1 is 1.04 bits per heavy atom. The first-order valence-electron chi connectivity index (χ1n) is 9.66. The van der Waals surface area contributed by atoms with Gasteiger partial charge in [0.1, 0.15) is 5.82 Å². The van der Waals surface area contributed by atoms with Gasteiger partial charge in [0.2, 0.25) is 5.82 Å². The molecule has 7 heteroatoms. The Bertz CT molecular complexity index is 971. The van der Waals surface area contributed by atoms with Crippen LogP contribution in [0.3, 0.4) is 0 Å². The molecule has 0 unspecified atom stereocenters. The predicted octanol–water partition coefficient (Wildman–Crippen LogP) is 2.23. The molecule has 28 heavy (non-hydrogen) atoms. The van der Waals surface area contributed by atoms with Gasteiger partial charge in [0.25, 0.3) is 5.91 Å². The third kappa shape index (κ3) is 3.29. The summed E-state index contributed by atoms with van der Waals surface area (Å²) in [5.41, 5.74) is 2.01. The van der Waals surface area contributed by atoms with Crippen LogP contribution in [-0.2, 0) is 19.5 Å². The number of rotatable bonds is 4. The summed E-state index contributed by atoms with van der Waals surface area (Å²) in [6.45, 7) is 3.80. The van der Waals surface area contributed by atoms with Crippen LogP contribution in [0.1, 0.15) is 22.0 Å². The first-order valence-corrected chi connectivity index (χ1v) is 9.66. The van der Waals surface area contributed by atoms with Crippen molar-refractivity contribution in [2.75, 3.05) is 18.4 Å². The highest BCUT2D eigenvalue weighted by Gasteiger charge is 2.39. The Balaban J connectivity index is 1.29. The van der Waals surface area contributed by atoms with Crippen molar-refractivity contribution in [3.05, 3.63) is 72.1 Å². The molecule has 0 aliphatic carbocycles. The second kappa shape index (κ2) is 7.16. The highest BCUT2D eigenvalue weighted by atomic mass is 16.2. The van der Waals surface area contributed by atoms with Crippen LogP contribution in [0.4, 0.5) is 5.69 Å². The van der Waals surface area contributed by atoms with Crippen LogP contribution in [0, 0.1) is 11.8 Å². The van der Waals surface area contributed by atoms with E-state index in [-0.39, 0.29) is 5.91 Å². The number of anilines is 1. The molecule has 3 aromatic rings. The Hall–Kier alpha value is -3.06. The SMILES string of the molecule is O=C(Nc1ccccc1)c1nnc2n1C[C@@H]1CN(Cc3cccnc3)C[C@H]1C2. The summed E-state index contributed by atoms with van der Waals surface area (Å²) in [5, 5.41) is 11.4. The van der Waals surface area contributed by atoms with Crippen LogP contribution in [0.25, 0.3) is 0 Å². The number of likely N-dealkylation sites (tertiary alicyclic amines) is 1. The second-order valence-corrected chi connectivity index (χ2v) is 7.65. The van der Waals surface area contributed by atoms with Crippen LogP contribution in [0.5, 0.6) is 0 Å². The van der Waals surface area contributed by atoms with Crippen LogP contribution in [0.15, 0.2) is 54.9 Å². The molecular weight excluding hydrogens is 352 g/mol. The molecule has 0 bridgehead atoms. The second-order valence-electron chi connectivity index (χ2n) is 7.65. The Morgan fingerprint density at radius 3 is 2.71 bits per heavy atom. The first-order chi connectivity index (χ1) is 13.8. The number of pyridine rings is 1. The summed E-state index contributed by atoms with van der Waals surface area (Å²) >= 11 is 0. The van der Waals surface area contributed by atoms with Crippen molar-refractivity contribution >= 4 is 11.6 Å². The zero-order chi connectivity index (χ0) is 18.9. The van der Waals surface area contributed by atoms with Gasteiger partial charge in [-0.2, -0.15) is 0 Å². The molecule has 1 saturated heterocycles. The summed E-state index contributed by atoms with van der Waals surface area (Å²) in [6, 6.07) is 13.6. The first kappa shape index (κ1) is 17.1. The standard InChI is InChI=1S/C21H22N6O/c28-21(23-18-6-2-1-3-7-18)20-25-24-19-9-16-12-26(13-17(16)14-27(19)20)11-15-5-4-8-22-10-15/h1-8,10,16-17H,9,11-14H2,(H,23,28)/t16-,17+/m1/s1. The molecular formula is C21H22N6O. The molecule has 5 rings (SSSR count). The highest BCUT2D eigenvalue weighted by Crippen LogP contribution is 2.33. The topological polar surface area (TPSA) is 75.9 Å². The van der Waals surface area contributed by atoms with Gasteiger partial charge in [0, 0.05) is 50.7 Å². The number of amides is 1. The van der Waals surface area contributed by atoms with Crippen LogP contribution in [-0.4, -0.2) is 43.6 Å². The number of para-hydroxylation sites is 1. The maximum Gasteiger partial charge on any atom is 0.293 e. The van der Waals surface area contributed by atoms with E-state index >= 15 is 0 Å². The summed E-state index contributed by atoms with van der Waals surface area (Å²) in [7, 11) is 0. The monoisotopic (exact) mass is 374 g/mol. The maximum absolute atomic E-state index is 12.7. The zero-order valence-corrected chi connectivity index (χ0v) is 15.5. The van der Waals surface area contributed by atoms with Crippen molar-refractivity contribution in [1.29, 1.82) is 0 Å². The number of hydrogen-bond donors (Lipinski definition) is 1. The number of carbonyl (C=O) groups excluding carboxylic acids is 1. The third-order valence-electron chi connectivity index (χ3n) is 5.71. The molecule has 0 saturated carbocycles. The number of hydrogen-bond acceptors (Lipinski definition) is 5. The molecule has 0 spiro atoms. The number of carbonyl (C=O) groups is 1. The predicted molar refractivity (Wildman–Crippen MR) is 105 cm³/mol. The molecule has 0 radical (unpaired) electrons. The fourth-order valence-electron chi connectivity index (χ4n) is 4.38. The van der Waals surface area contributed by atoms with E-state index in [4.69, 9.17) is 0 Å². The lowest BCUT2D eigenvalue weighted by molar-refractivity contribution is 0.100. The maximum atomic E-state index is 12.7. The van der Waals surface area contributed by atoms with Crippen molar-refractivity contribution in [3.8, 4) is 0 Å². The third-order valence-corrected chi connectivity index (χ3v) is 5.71. The fourth-order valence-corrected chi connectivity index (χ4v) is 4.38. The molecule has 1 aromatic carbocycles. The van der Waals surface area contributed by atoms with E-state index in [1.807, 2.05) is 47.2 Å². The summed E-state index contributed by atoms with van der Waals surface area (Å²) in [4.78, 5) is 19.4. The van der Waals surface area contributed by atoms with E-state index in [1.54, 1.807) is 6.20 Å². The summed E-state index contributed by atoms with van der Waals surface area (Å²) < 4.78 is 2.01. The van der Waals surface area contributed by atoms with Gasteiger partial charge in [-0.05, 0) is 35.6 Å². The molecule has 142 valence electrons. The van der Waals surface area contributed by atoms with Gasteiger partial charge >= 0.3 is 0 Å². The number of nitrogens with zero attached hydrogens (tertiary/aromatic N) is 5. The molecule has 1 fully saturated rings. The summed E-state index contributed by atoms with van der Waals surface area (Å²) in [5.74, 6) is 2.21. The van der Waals surface area contributed by atoms with E-state index < -0.39 is 0 Å². The minimum atomic E-state index is -0.200. The van der Waals surface area contributed by atoms with Gasteiger partial charge in [-0.25, -0.2) is 0 Å². The molecule has 1 amide bonds. The fraction of sp³-hybridized carbons (Fsp3) is 0.333. The summed E-state index contributed by atoms with van der Waals surface area (Å²) in [6.07, 6.45) is 4.62. The highest BCUT2D eigenvalue weighted by molar-refractivity contribution is 6.01. The van der Waals surface area contributed by atoms with Crippen molar-refractivity contribution < 1.29 is 4.79 Å². The average molecular weight is 374 g/mol. The number of nitrogens with one attached hydrogen (secondary N) is 1. The van der Waals surface area contributed by atoms with Gasteiger partial charge < -0.3 is 9.88 Å². The van der Waals surface area contributed by atoms with Gasteiger partial charge in [0.15, 0.2) is 0 Å². The Labute approximate surface area is 163 Å². The average Bonchev–Trinajstić information content (AvgIpc) is 3.30. The van der Waals surface area contributed by atoms with Gasteiger partial charge in [-0.3, -0.25) is 14.7 Å². The van der Waals surface area contributed by atoms with Crippen LogP contribution >= 0.6 is 0 Å². The van der Waals surface area contributed by atoms with Gasteiger partial charge in [0.05, 0.1) is 0 Å². The van der Waals surface area contributed by atoms with Crippen molar-refractivity contribution in [1.82, 2.24) is 24.6 Å². The van der Waals surface area contributed by atoms with E-state index in [1.165, 1.54) is 5.56 Å². The lowest BCUT2D eigenvalue weighted by Crippen LogP contribution is -2.31. The molecule has 2 aromatic heterocycles. The number of aromatic nitrogens is 4. The Kier molecular flexibility index (Phi) is 4.37. The lowest BCUT2D eigenvalue weighted by Gasteiger charge is -2.25. The smallest absolute Gasteiger partial charge is 0.293 e. The normalized spacial score (nSPS) is 21.1. The minimum Gasteiger partial charge on any atom is -0.319 e. The van der Waals surface area contributed by atoms with Crippen LogP contribution in [0.2, 0.25) is 0 Å². The van der Waals surface area contributed by atoms with Gasteiger partial charge in [-0.1, -0.05) is 24.3 Å². The minimum absolute atomic E-state index is 0.200. The van der Waals surface area contributed by atoms with Crippen molar-refractivity contribution in [2.24, 2.45) is 11.8 Å². The molecule has 2 aliphatic rings. The van der Waals surface area contributed by atoms with Crippen molar-refractivity contribution in [3.63, 3.8) is 0 Å². The van der Waals surface area contributed by atoms with Crippen molar-refractivity contribution in [2.45, 2.75) is 19.5 Å².